The average molecular weight is 307 g/mol. The molecule has 0 bridgehead atoms. The van der Waals surface area contributed by atoms with E-state index >= 15 is 0 Å². The summed E-state index contributed by atoms with van der Waals surface area (Å²) in [7, 11) is 0. The lowest BCUT2D eigenvalue weighted by Gasteiger charge is -2.17. The van der Waals surface area contributed by atoms with Crippen molar-refractivity contribution in [1.82, 2.24) is 0 Å². The van der Waals surface area contributed by atoms with Gasteiger partial charge in [0.05, 0.1) is 5.38 Å². The van der Waals surface area contributed by atoms with Crippen LogP contribution in [-0.4, -0.2) is 0 Å². The van der Waals surface area contributed by atoms with Gasteiger partial charge in [-0.1, -0.05) is 38.5 Å². The molecule has 0 aliphatic rings. The van der Waals surface area contributed by atoms with E-state index in [2.05, 4.69) is 65.8 Å². The molecule has 1 aromatic carbocycles. The lowest BCUT2D eigenvalue weighted by atomic mass is 9.94. The molecule has 0 fully saturated rings. The van der Waals surface area contributed by atoms with Crippen molar-refractivity contribution in [3.8, 4) is 0 Å². The predicted octanol–water partition coefficient (Wildman–Crippen LogP) is 6.30. The minimum absolute atomic E-state index is 0.0447. The summed E-state index contributed by atoms with van der Waals surface area (Å²) in [5.41, 5.74) is 5.33. The monoisotopic (exact) mass is 306 g/mol. The number of hydrogen-bond donors (Lipinski definition) is 0. The molecular weight excluding hydrogens is 284 g/mol. The minimum atomic E-state index is -0.0447. The van der Waals surface area contributed by atoms with E-state index < -0.39 is 0 Å². The zero-order valence-electron chi connectivity index (χ0n) is 13.2. The van der Waals surface area contributed by atoms with Crippen molar-refractivity contribution in [2.24, 2.45) is 0 Å². The summed E-state index contributed by atoms with van der Waals surface area (Å²) in [5.74, 6) is 0. The molecule has 0 N–H and O–H groups in total. The van der Waals surface area contributed by atoms with Crippen molar-refractivity contribution in [3.63, 3.8) is 0 Å². The third-order valence-electron chi connectivity index (χ3n) is 3.61. The van der Waals surface area contributed by atoms with Gasteiger partial charge in [-0.2, -0.15) is 0 Å². The molecule has 2 heteroatoms. The maximum atomic E-state index is 6.77. The van der Waals surface area contributed by atoms with Crippen LogP contribution < -0.4 is 0 Å². The predicted molar refractivity (Wildman–Crippen MR) is 91.4 cm³/mol. The molecule has 0 nitrogen and oxygen atoms in total. The van der Waals surface area contributed by atoms with Gasteiger partial charge in [-0.25, -0.2) is 0 Å². The third kappa shape index (κ3) is 3.10. The molecule has 2 rings (SSSR count). The van der Waals surface area contributed by atoms with E-state index in [0.717, 1.165) is 0 Å². The number of alkyl halides is 1. The second-order valence-electron chi connectivity index (χ2n) is 6.63. The first kappa shape index (κ1) is 15.6. The van der Waals surface area contributed by atoms with Gasteiger partial charge >= 0.3 is 0 Å². The van der Waals surface area contributed by atoms with Crippen LogP contribution in [0.5, 0.6) is 0 Å². The van der Waals surface area contributed by atoms with Crippen LogP contribution in [0.25, 0.3) is 0 Å². The highest BCUT2D eigenvalue weighted by Gasteiger charge is 2.21. The first-order chi connectivity index (χ1) is 9.20. The van der Waals surface area contributed by atoms with Gasteiger partial charge in [0.1, 0.15) is 0 Å². The van der Waals surface area contributed by atoms with Crippen LogP contribution in [0.1, 0.15) is 58.2 Å². The number of benzene rings is 1. The fourth-order valence-corrected chi connectivity index (χ4v) is 4.23. The molecule has 20 heavy (non-hydrogen) atoms. The Morgan fingerprint density at radius 1 is 1.00 bits per heavy atom. The highest BCUT2D eigenvalue weighted by Crippen LogP contribution is 2.40. The summed E-state index contributed by atoms with van der Waals surface area (Å²) in [6.07, 6.45) is 0. The summed E-state index contributed by atoms with van der Waals surface area (Å²) in [6.45, 7) is 13.2. The maximum Gasteiger partial charge on any atom is 0.0932 e. The number of aryl methyl sites for hydroxylation is 3. The van der Waals surface area contributed by atoms with E-state index in [1.807, 2.05) is 11.3 Å². The first-order valence-electron chi connectivity index (χ1n) is 7.02. The van der Waals surface area contributed by atoms with Gasteiger partial charge in [0.15, 0.2) is 0 Å². The van der Waals surface area contributed by atoms with E-state index in [-0.39, 0.29) is 10.8 Å². The molecule has 0 aliphatic carbocycles. The standard InChI is InChI=1S/C18H23ClS/c1-11-9-12(2)16(13(3)10-11)17(19)14-7-8-15(20-14)18(4,5)6/h7-10,17H,1-6H3. The van der Waals surface area contributed by atoms with Crippen LogP contribution in [0.15, 0.2) is 24.3 Å². The number of hydrogen-bond acceptors (Lipinski definition) is 1. The Kier molecular flexibility index (Phi) is 4.32. The number of halogens is 1. The number of rotatable bonds is 2. The van der Waals surface area contributed by atoms with Crippen LogP contribution in [0, 0.1) is 20.8 Å². The Labute approximate surface area is 131 Å². The SMILES string of the molecule is Cc1cc(C)c(C(Cl)c2ccc(C(C)(C)C)s2)c(C)c1. The molecule has 1 aromatic heterocycles. The topological polar surface area (TPSA) is 0 Å². The average Bonchev–Trinajstić information content (AvgIpc) is 2.75. The van der Waals surface area contributed by atoms with Crippen molar-refractivity contribution in [2.75, 3.05) is 0 Å². The highest BCUT2D eigenvalue weighted by atomic mass is 35.5. The van der Waals surface area contributed by atoms with E-state index in [1.165, 1.54) is 32.0 Å². The normalized spacial score (nSPS) is 13.6. The second-order valence-corrected chi connectivity index (χ2v) is 8.18. The molecule has 1 unspecified atom stereocenters. The lowest BCUT2D eigenvalue weighted by Crippen LogP contribution is -2.07. The summed E-state index contributed by atoms with van der Waals surface area (Å²) in [5, 5.41) is -0.0447. The van der Waals surface area contributed by atoms with Gasteiger partial charge in [0, 0.05) is 9.75 Å². The third-order valence-corrected chi connectivity index (χ3v) is 5.77. The largest absolute Gasteiger partial charge is 0.143 e. The fraction of sp³-hybridized carbons (Fsp3) is 0.444. The molecule has 0 aliphatic heterocycles. The van der Waals surface area contributed by atoms with Gasteiger partial charge in [-0.05, 0) is 55.0 Å². The Balaban J connectivity index is 2.42. The molecule has 108 valence electrons. The number of thiophene rings is 1. The van der Waals surface area contributed by atoms with Crippen molar-refractivity contribution in [3.05, 3.63) is 56.3 Å². The van der Waals surface area contributed by atoms with E-state index in [9.17, 15) is 0 Å². The summed E-state index contributed by atoms with van der Waals surface area (Å²) in [6, 6.07) is 8.84. The van der Waals surface area contributed by atoms with Crippen LogP contribution in [0.4, 0.5) is 0 Å². The fourth-order valence-electron chi connectivity index (χ4n) is 2.63. The molecule has 0 amide bonds. The van der Waals surface area contributed by atoms with Crippen LogP contribution >= 0.6 is 22.9 Å². The Hall–Kier alpha value is -0.790. The molecule has 1 heterocycles. The molecule has 0 saturated heterocycles. The summed E-state index contributed by atoms with van der Waals surface area (Å²) in [4.78, 5) is 2.63. The second kappa shape index (κ2) is 5.54. The maximum absolute atomic E-state index is 6.77. The molecule has 1 atom stereocenters. The first-order valence-corrected chi connectivity index (χ1v) is 8.27. The Morgan fingerprint density at radius 3 is 2.00 bits per heavy atom. The van der Waals surface area contributed by atoms with Gasteiger partial charge in [0.25, 0.3) is 0 Å². The smallest absolute Gasteiger partial charge is 0.0932 e. The van der Waals surface area contributed by atoms with Crippen molar-refractivity contribution >= 4 is 22.9 Å². The zero-order valence-corrected chi connectivity index (χ0v) is 14.7. The van der Waals surface area contributed by atoms with E-state index in [0.29, 0.717) is 0 Å². The van der Waals surface area contributed by atoms with Crippen molar-refractivity contribution in [2.45, 2.75) is 52.3 Å². The molecule has 0 saturated carbocycles. The van der Waals surface area contributed by atoms with Gasteiger partial charge < -0.3 is 0 Å². The summed E-state index contributed by atoms with van der Waals surface area (Å²) < 4.78 is 0. The molecular formula is C18H23ClS. The van der Waals surface area contributed by atoms with Crippen LogP contribution in [0.3, 0.4) is 0 Å². The quantitative estimate of drug-likeness (QED) is 0.571. The zero-order chi connectivity index (χ0) is 15.1. The van der Waals surface area contributed by atoms with Crippen LogP contribution in [-0.2, 0) is 5.41 Å². The van der Waals surface area contributed by atoms with Gasteiger partial charge in [0.2, 0.25) is 0 Å². The van der Waals surface area contributed by atoms with E-state index in [1.54, 1.807) is 0 Å². The molecule has 0 spiro atoms. The highest BCUT2D eigenvalue weighted by molar-refractivity contribution is 7.12. The molecule has 2 aromatic rings. The Morgan fingerprint density at radius 2 is 1.55 bits per heavy atom. The summed E-state index contributed by atoms with van der Waals surface area (Å²) >= 11 is 8.60. The van der Waals surface area contributed by atoms with Crippen molar-refractivity contribution < 1.29 is 0 Å². The van der Waals surface area contributed by atoms with Gasteiger partial charge in [-0.15, -0.1) is 22.9 Å². The van der Waals surface area contributed by atoms with E-state index in [4.69, 9.17) is 11.6 Å². The lowest BCUT2D eigenvalue weighted by molar-refractivity contribution is 0.604. The van der Waals surface area contributed by atoms with Crippen molar-refractivity contribution in [1.29, 1.82) is 0 Å². The minimum Gasteiger partial charge on any atom is -0.143 e. The van der Waals surface area contributed by atoms with Gasteiger partial charge in [-0.3, -0.25) is 0 Å². The molecule has 0 radical (unpaired) electrons. The Bertz CT molecular complexity index is 594. The van der Waals surface area contributed by atoms with Crippen LogP contribution in [0.2, 0.25) is 0 Å².